The van der Waals surface area contributed by atoms with Crippen LogP contribution in [0, 0.1) is 5.82 Å². The summed E-state index contributed by atoms with van der Waals surface area (Å²) in [6, 6.07) is 10.7. The molecular formula is C20H21FN4O2. The van der Waals surface area contributed by atoms with Gasteiger partial charge in [0.05, 0.1) is 6.04 Å². The van der Waals surface area contributed by atoms with Gasteiger partial charge in [0, 0.05) is 17.7 Å². The van der Waals surface area contributed by atoms with Gasteiger partial charge in [-0.3, -0.25) is 4.79 Å². The summed E-state index contributed by atoms with van der Waals surface area (Å²) in [6.07, 6.45) is 2.40. The van der Waals surface area contributed by atoms with Crippen LogP contribution in [0.3, 0.4) is 0 Å². The standard InChI is InChI=1S/C20H21FN4O2/c1-3-11-25-19(22-12-23-25)13(2)24-20(27)15-9-7-14(8-10-15)16-5-4-6-17(21)18(16)26/h4-10,12-13,26H,3,11H2,1-2H3,(H,24,27)/t13-/m0/s1. The Bertz CT molecular complexity index is 937. The van der Waals surface area contributed by atoms with Gasteiger partial charge in [-0.2, -0.15) is 5.10 Å². The molecule has 2 N–H and O–H groups in total. The van der Waals surface area contributed by atoms with Gasteiger partial charge in [-0.05, 0) is 37.1 Å². The molecule has 3 rings (SSSR count). The van der Waals surface area contributed by atoms with Crippen molar-refractivity contribution in [2.75, 3.05) is 0 Å². The van der Waals surface area contributed by atoms with Crippen LogP contribution in [0.2, 0.25) is 0 Å². The fourth-order valence-corrected chi connectivity index (χ4v) is 2.89. The molecule has 0 spiro atoms. The summed E-state index contributed by atoms with van der Waals surface area (Å²) in [6.45, 7) is 4.64. The van der Waals surface area contributed by atoms with Gasteiger partial charge in [0.15, 0.2) is 11.6 Å². The Morgan fingerprint density at radius 3 is 2.70 bits per heavy atom. The number of hydrogen-bond acceptors (Lipinski definition) is 4. The first-order valence-corrected chi connectivity index (χ1v) is 8.77. The summed E-state index contributed by atoms with van der Waals surface area (Å²) in [5.41, 5.74) is 1.46. The molecule has 0 unspecified atom stereocenters. The number of hydrogen-bond donors (Lipinski definition) is 2. The molecule has 2 aromatic carbocycles. The van der Waals surface area contributed by atoms with Crippen molar-refractivity contribution in [3.8, 4) is 16.9 Å². The first-order chi connectivity index (χ1) is 13.0. The van der Waals surface area contributed by atoms with Crippen molar-refractivity contribution in [2.24, 2.45) is 0 Å². The zero-order valence-corrected chi connectivity index (χ0v) is 15.2. The fourth-order valence-electron chi connectivity index (χ4n) is 2.89. The van der Waals surface area contributed by atoms with Crippen LogP contribution in [0.4, 0.5) is 4.39 Å². The van der Waals surface area contributed by atoms with Gasteiger partial charge >= 0.3 is 0 Å². The Balaban J connectivity index is 1.74. The summed E-state index contributed by atoms with van der Waals surface area (Å²) in [4.78, 5) is 16.7. The molecule has 0 saturated carbocycles. The molecule has 1 atom stereocenters. The van der Waals surface area contributed by atoms with Gasteiger partial charge in [-0.1, -0.05) is 31.2 Å². The molecule has 0 bridgehead atoms. The average molecular weight is 368 g/mol. The van der Waals surface area contributed by atoms with E-state index in [1.165, 1.54) is 18.5 Å². The predicted molar refractivity (Wildman–Crippen MR) is 99.7 cm³/mol. The monoisotopic (exact) mass is 368 g/mol. The number of nitrogens with zero attached hydrogens (tertiary/aromatic N) is 3. The van der Waals surface area contributed by atoms with Crippen molar-refractivity contribution in [1.29, 1.82) is 0 Å². The summed E-state index contributed by atoms with van der Waals surface area (Å²) >= 11 is 0. The molecule has 0 aliphatic carbocycles. The second-order valence-electron chi connectivity index (χ2n) is 6.25. The Morgan fingerprint density at radius 1 is 1.26 bits per heavy atom. The number of aromatic nitrogens is 3. The number of para-hydroxylation sites is 1. The fraction of sp³-hybridized carbons (Fsp3) is 0.250. The highest BCUT2D eigenvalue weighted by Gasteiger charge is 2.17. The van der Waals surface area contributed by atoms with Crippen LogP contribution >= 0.6 is 0 Å². The molecule has 7 heteroatoms. The first-order valence-electron chi connectivity index (χ1n) is 8.77. The van der Waals surface area contributed by atoms with E-state index >= 15 is 0 Å². The first kappa shape index (κ1) is 18.6. The van der Waals surface area contributed by atoms with Crippen molar-refractivity contribution in [1.82, 2.24) is 20.1 Å². The average Bonchev–Trinajstić information content (AvgIpc) is 3.13. The Labute approximate surface area is 156 Å². The van der Waals surface area contributed by atoms with Crippen molar-refractivity contribution in [3.05, 3.63) is 66.0 Å². The topological polar surface area (TPSA) is 80.0 Å². The van der Waals surface area contributed by atoms with Gasteiger partial charge in [-0.25, -0.2) is 14.1 Å². The van der Waals surface area contributed by atoms with Crippen molar-refractivity contribution in [2.45, 2.75) is 32.9 Å². The molecule has 0 fully saturated rings. The van der Waals surface area contributed by atoms with Crippen LogP contribution < -0.4 is 5.32 Å². The predicted octanol–water partition coefficient (Wildman–Crippen LogP) is 3.69. The van der Waals surface area contributed by atoms with Crippen LogP contribution in [-0.2, 0) is 6.54 Å². The number of carbonyl (C=O) groups is 1. The minimum absolute atomic E-state index is 0.247. The maximum Gasteiger partial charge on any atom is 0.251 e. The summed E-state index contributed by atoms with van der Waals surface area (Å²) < 4.78 is 15.3. The van der Waals surface area contributed by atoms with E-state index in [2.05, 4.69) is 15.4 Å². The van der Waals surface area contributed by atoms with E-state index < -0.39 is 11.6 Å². The molecule has 1 amide bonds. The second-order valence-corrected chi connectivity index (χ2v) is 6.25. The van der Waals surface area contributed by atoms with E-state index in [-0.39, 0.29) is 11.9 Å². The Kier molecular flexibility index (Phi) is 5.49. The van der Waals surface area contributed by atoms with Crippen molar-refractivity contribution in [3.63, 3.8) is 0 Å². The summed E-state index contributed by atoms with van der Waals surface area (Å²) in [5, 5.41) is 16.9. The van der Waals surface area contributed by atoms with Crippen LogP contribution in [0.5, 0.6) is 5.75 Å². The highest BCUT2D eigenvalue weighted by Crippen LogP contribution is 2.31. The molecular weight excluding hydrogens is 347 g/mol. The third-order valence-corrected chi connectivity index (χ3v) is 4.26. The molecule has 27 heavy (non-hydrogen) atoms. The van der Waals surface area contributed by atoms with E-state index in [0.29, 0.717) is 22.5 Å². The summed E-state index contributed by atoms with van der Waals surface area (Å²) in [5.74, 6) is -0.631. The van der Waals surface area contributed by atoms with Gasteiger partial charge in [-0.15, -0.1) is 0 Å². The van der Waals surface area contributed by atoms with Crippen LogP contribution in [-0.4, -0.2) is 25.8 Å². The maximum atomic E-state index is 13.5. The molecule has 0 radical (unpaired) electrons. The second kappa shape index (κ2) is 7.99. The van der Waals surface area contributed by atoms with Crippen molar-refractivity contribution >= 4 is 5.91 Å². The Hall–Kier alpha value is -3.22. The maximum absolute atomic E-state index is 13.5. The molecule has 0 aliphatic heterocycles. The van der Waals surface area contributed by atoms with Gasteiger partial charge < -0.3 is 10.4 Å². The number of aromatic hydroxyl groups is 1. The third-order valence-electron chi connectivity index (χ3n) is 4.26. The molecule has 1 aromatic heterocycles. The number of amides is 1. The number of carbonyl (C=O) groups excluding carboxylic acids is 1. The van der Waals surface area contributed by atoms with Crippen molar-refractivity contribution < 1.29 is 14.3 Å². The number of nitrogens with one attached hydrogen (secondary N) is 1. The molecule has 6 nitrogen and oxygen atoms in total. The van der Waals surface area contributed by atoms with E-state index in [9.17, 15) is 14.3 Å². The molecule has 0 saturated heterocycles. The minimum atomic E-state index is -0.681. The van der Waals surface area contributed by atoms with E-state index in [1.807, 2.05) is 13.8 Å². The highest BCUT2D eigenvalue weighted by atomic mass is 19.1. The largest absolute Gasteiger partial charge is 0.504 e. The van der Waals surface area contributed by atoms with Crippen LogP contribution in [0.1, 0.15) is 42.5 Å². The number of benzene rings is 2. The van der Waals surface area contributed by atoms with Gasteiger partial charge in [0.25, 0.3) is 5.91 Å². The summed E-state index contributed by atoms with van der Waals surface area (Å²) in [7, 11) is 0. The zero-order valence-electron chi connectivity index (χ0n) is 15.2. The number of phenolic OH excluding ortho intramolecular Hbond substituents is 1. The third kappa shape index (κ3) is 3.97. The van der Waals surface area contributed by atoms with Crippen LogP contribution in [0.25, 0.3) is 11.1 Å². The Morgan fingerprint density at radius 2 is 2.00 bits per heavy atom. The lowest BCUT2D eigenvalue weighted by molar-refractivity contribution is 0.0937. The van der Waals surface area contributed by atoms with Gasteiger partial charge in [0.1, 0.15) is 12.2 Å². The zero-order chi connectivity index (χ0) is 19.4. The molecule has 140 valence electrons. The smallest absolute Gasteiger partial charge is 0.251 e. The SMILES string of the molecule is CCCn1ncnc1[C@H](C)NC(=O)c1ccc(-c2cccc(F)c2O)cc1. The number of rotatable bonds is 6. The quantitative estimate of drug-likeness (QED) is 0.695. The lowest BCUT2D eigenvalue weighted by atomic mass is 10.0. The highest BCUT2D eigenvalue weighted by molar-refractivity contribution is 5.95. The number of halogens is 1. The molecule has 3 aromatic rings. The minimum Gasteiger partial charge on any atom is -0.504 e. The lowest BCUT2D eigenvalue weighted by Crippen LogP contribution is -2.29. The van der Waals surface area contributed by atoms with Crippen LogP contribution in [0.15, 0.2) is 48.8 Å². The van der Waals surface area contributed by atoms with E-state index in [1.54, 1.807) is 35.0 Å². The van der Waals surface area contributed by atoms with E-state index in [4.69, 9.17) is 0 Å². The lowest BCUT2D eigenvalue weighted by Gasteiger charge is -2.14. The molecule has 1 heterocycles. The van der Waals surface area contributed by atoms with E-state index in [0.717, 1.165) is 13.0 Å². The van der Waals surface area contributed by atoms with Gasteiger partial charge in [0.2, 0.25) is 0 Å². The number of aryl methyl sites for hydroxylation is 1. The molecule has 0 aliphatic rings. The normalized spacial score (nSPS) is 12.0. The number of phenols is 1.